The number of nitrogens with zero attached hydrogens (tertiary/aromatic N) is 2. The molecule has 0 radical (unpaired) electrons. The highest BCUT2D eigenvalue weighted by Crippen LogP contribution is 2.22. The summed E-state index contributed by atoms with van der Waals surface area (Å²) in [5.41, 5.74) is 1.06. The number of nitro groups is 1. The molecule has 0 aromatic heterocycles. The Labute approximate surface area is 194 Å². The minimum Gasteiger partial charge on any atom is -0.497 e. The molecule has 1 aliphatic carbocycles. The van der Waals surface area contributed by atoms with E-state index in [1.165, 1.54) is 17.4 Å². The van der Waals surface area contributed by atoms with Gasteiger partial charge in [0.15, 0.2) is 0 Å². The molecule has 1 N–H and O–H groups in total. The van der Waals surface area contributed by atoms with Crippen LogP contribution in [0, 0.1) is 10.1 Å². The summed E-state index contributed by atoms with van der Waals surface area (Å²) < 4.78 is 5.20. The molecular weight excluding hydrogens is 422 g/mol. The number of methoxy groups -OCH3 is 1. The van der Waals surface area contributed by atoms with E-state index in [9.17, 15) is 19.7 Å². The molecule has 0 bridgehead atoms. The van der Waals surface area contributed by atoms with Crippen molar-refractivity contribution in [3.05, 3.63) is 69.8 Å². The van der Waals surface area contributed by atoms with E-state index in [-0.39, 0.29) is 36.5 Å². The van der Waals surface area contributed by atoms with Crippen LogP contribution in [0.3, 0.4) is 0 Å². The Hall–Kier alpha value is -3.42. The maximum atomic E-state index is 13.4. The van der Waals surface area contributed by atoms with Gasteiger partial charge in [-0.1, -0.05) is 49.6 Å². The fraction of sp³-hybridized carbons (Fsp3) is 0.440. The molecule has 0 spiro atoms. The van der Waals surface area contributed by atoms with Gasteiger partial charge in [-0.3, -0.25) is 19.7 Å². The first kappa shape index (κ1) is 24.2. The van der Waals surface area contributed by atoms with Crippen molar-refractivity contribution >= 4 is 17.5 Å². The summed E-state index contributed by atoms with van der Waals surface area (Å²) in [5, 5.41) is 14.5. The highest BCUT2D eigenvalue weighted by Gasteiger charge is 2.29. The van der Waals surface area contributed by atoms with Crippen molar-refractivity contribution in [2.24, 2.45) is 0 Å². The van der Waals surface area contributed by atoms with Crippen molar-refractivity contribution in [2.45, 2.75) is 64.1 Å². The summed E-state index contributed by atoms with van der Waals surface area (Å²) in [4.78, 5) is 38.8. The van der Waals surface area contributed by atoms with Crippen LogP contribution >= 0.6 is 0 Å². The molecule has 2 amide bonds. The summed E-state index contributed by atoms with van der Waals surface area (Å²) in [6.45, 7) is 1.92. The minimum atomic E-state index is -0.718. The highest BCUT2D eigenvalue weighted by atomic mass is 16.6. The maximum absolute atomic E-state index is 13.4. The normalized spacial score (nSPS) is 14.8. The molecule has 1 unspecified atom stereocenters. The van der Waals surface area contributed by atoms with Gasteiger partial charge in [0.05, 0.1) is 18.5 Å². The van der Waals surface area contributed by atoms with Gasteiger partial charge in [-0.05, 0) is 37.5 Å². The van der Waals surface area contributed by atoms with E-state index in [0.717, 1.165) is 31.2 Å². The largest absolute Gasteiger partial charge is 0.497 e. The summed E-state index contributed by atoms with van der Waals surface area (Å²) in [6.07, 6.45) is 5.09. The van der Waals surface area contributed by atoms with Gasteiger partial charge in [-0.15, -0.1) is 0 Å². The van der Waals surface area contributed by atoms with Gasteiger partial charge >= 0.3 is 0 Å². The Morgan fingerprint density at radius 1 is 1.12 bits per heavy atom. The number of para-hydroxylation sites is 1. The Balaban J connectivity index is 1.81. The molecule has 3 rings (SSSR count). The number of hydrogen-bond acceptors (Lipinski definition) is 5. The molecule has 1 aliphatic rings. The van der Waals surface area contributed by atoms with Gasteiger partial charge in [-0.2, -0.15) is 0 Å². The molecule has 0 heterocycles. The summed E-state index contributed by atoms with van der Waals surface area (Å²) >= 11 is 0. The Morgan fingerprint density at radius 3 is 2.42 bits per heavy atom. The molecule has 0 aliphatic heterocycles. The molecule has 1 atom stereocenters. The Kier molecular flexibility index (Phi) is 8.40. The molecule has 176 valence electrons. The van der Waals surface area contributed by atoms with E-state index in [4.69, 9.17) is 4.74 Å². The van der Waals surface area contributed by atoms with Crippen LogP contribution < -0.4 is 10.1 Å². The van der Waals surface area contributed by atoms with Crippen LogP contribution in [0.5, 0.6) is 5.75 Å². The third kappa shape index (κ3) is 6.54. The third-order valence-electron chi connectivity index (χ3n) is 6.16. The van der Waals surface area contributed by atoms with Crippen LogP contribution in [-0.2, 0) is 22.6 Å². The van der Waals surface area contributed by atoms with Crippen LogP contribution in [0.1, 0.15) is 50.2 Å². The molecule has 1 fully saturated rings. The van der Waals surface area contributed by atoms with Gasteiger partial charge in [0, 0.05) is 24.2 Å². The van der Waals surface area contributed by atoms with E-state index < -0.39 is 11.0 Å². The van der Waals surface area contributed by atoms with E-state index in [1.807, 2.05) is 12.1 Å². The molecule has 8 nitrogen and oxygen atoms in total. The predicted molar refractivity (Wildman–Crippen MR) is 125 cm³/mol. The molecule has 33 heavy (non-hydrogen) atoms. The van der Waals surface area contributed by atoms with Gasteiger partial charge in [0.25, 0.3) is 5.69 Å². The Bertz CT molecular complexity index is 970. The van der Waals surface area contributed by atoms with Crippen molar-refractivity contribution in [2.75, 3.05) is 7.11 Å². The number of hydrogen-bond donors (Lipinski definition) is 1. The standard InChI is InChI=1S/C25H31N3O5/c1-18(25(30)26-21-9-4-3-5-10-21)27(17-19-12-14-22(33-2)15-13-19)24(29)16-20-8-6-7-11-23(20)28(31)32/h6-8,11-15,18,21H,3-5,9-10,16-17H2,1-2H3,(H,26,30). The number of nitro benzene ring substituents is 1. The zero-order valence-electron chi connectivity index (χ0n) is 19.2. The van der Waals surface area contributed by atoms with Crippen LogP contribution in [0.25, 0.3) is 0 Å². The van der Waals surface area contributed by atoms with E-state index in [2.05, 4.69) is 5.32 Å². The van der Waals surface area contributed by atoms with Gasteiger partial charge in [0.1, 0.15) is 11.8 Å². The zero-order chi connectivity index (χ0) is 23.8. The van der Waals surface area contributed by atoms with Crippen LogP contribution in [0.4, 0.5) is 5.69 Å². The summed E-state index contributed by atoms with van der Waals surface area (Å²) in [5.74, 6) is 0.150. The van der Waals surface area contributed by atoms with Gasteiger partial charge in [0.2, 0.25) is 11.8 Å². The van der Waals surface area contributed by atoms with Crippen LogP contribution in [-0.4, -0.2) is 40.8 Å². The monoisotopic (exact) mass is 453 g/mol. The lowest BCUT2D eigenvalue weighted by atomic mass is 9.95. The number of benzene rings is 2. The number of ether oxygens (including phenoxy) is 1. The zero-order valence-corrected chi connectivity index (χ0v) is 19.2. The number of nitrogens with one attached hydrogen (secondary N) is 1. The topological polar surface area (TPSA) is 102 Å². The van der Waals surface area contributed by atoms with E-state index in [1.54, 1.807) is 44.4 Å². The van der Waals surface area contributed by atoms with Crippen LogP contribution in [0.15, 0.2) is 48.5 Å². The molecule has 2 aromatic rings. The maximum Gasteiger partial charge on any atom is 0.273 e. The Morgan fingerprint density at radius 2 is 1.79 bits per heavy atom. The first-order valence-electron chi connectivity index (χ1n) is 11.3. The lowest BCUT2D eigenvalue weighted by molar-refractivity contribution is -0.385. The SMILES string of the molecule is COc1ccc(CN(C(=O)Cc2ccccc2[N+](=O)[O-])C(C)C(=O)NC2CCCCC2)cc1. The lowest BCUT2D eigenvalue weighted by Gasteiger charge is -2.31. The average molecular weight is 454 g/mol. The predicted octanol–water partition coefficient (Wildman–Crippen LogP) is 4.01. The number of amides is 2. The number of carbonyl (C=O) groups excluding carboxylic acids is 2. The van der Waals surface area contributed by atoms with Crippen molar-refractivity contribution in [1.82, 2.24) is 10.2 Å². The average Bonchev–Trinajstić information content (AvgIpc) is 2.83. The number of carbonyl (C=O) groups is 2. The molecule has 0 saturated heterocycles. The highest BCUT2D eigenvalue weighted by molar-refractivity contribution is 5.88. The molecule has 1 saturated carbocycles. The minimum absolute atomic E-state index is 0.102. The number of rotatable bonds is 9. The summed E-state index contributed by atoms with van der Waals surface area (Å²) in [7, 11) is 1.58. The first-order valence-corrected chi connectivity index (χ1v) is 11.3. The fourth-order valence-corrected chi connectivity index (χ4v) is 4.18. The van der Waals surface area contributed by atoms with Crippen molar-refractivity contribution < 1.29 is 19.2 Å². The van der Waals surface area contributed by atoms with Gasteiger partial charge < -0.3 is 15.0 Å². The van der Waals surface area contributed by atoms with Crippen molar-refractivity contribution in [1.29, 1.82) is 0 Å². The summed E-state index contributed by atoms with van der Waals surface area (Å²) in [6, 6.07) is 12.9. The second-order valence-electron chi connectivity index (χ2n) is 8.45. The lowest BCUT2D eigenvalue weighted by Crippen LogP contribution is -2.50. The second kappa shape index (κ2) is 11.4. The van der Waals surface area contributed by atoms with Crippen molar-refractivity contribution in [3.63, 3.8) is 0 Å². The first-order chi connectivity index (χ1) is 15.9. The van der Waals surface area contributed by atoms with Gasteiger partial charge in [-0.25, -0.2) is 0 Å². The second-order valence-corrected chi connectivity index (χ2v) is 8.45. The fourth-order valence-electron chi connectivity index (χ4n) is 4.18. The van der Waals surface area contributed by atoms with Crippen molar-refractivity contribution in [3.8, 4) is 5.75 Å². The molecule has 8 heteroatoms. The van der Waals surface area contributed by atoms with Crippen LogP contribution in [0.2, 0.25) is 0 Å². The quantitative estimate of drug-likeness (QED) is 0.457. The molecular formula is C25H31N3O5. The van der Waals surface area contributed by atoms with E-state index in [0.29, 0.717) is 11.3 Å². The third-order valence-corrected chi connectivity index (χ3v) is 6.16. The smallest absolute Gasteiger partial charge is 0.273 e. The van der Waals surface area contributed by atoms with E-state index >= 15 is 0 Å². The molecule has 2 aromatic carbocycles.